The minimum atomic E-state index is -0.368. The fraction of sp³-hybridized carbons (Fsp3) is 0.265. The Kier molecular flexibility index (Phi) is 7.52. The molecule has 0 radical (unpaired) electrons. The van der Waals surface area contributed by atoms with Crippen molar-refractivity contribution in [1.29, 1.82) is 0 Å². The van der Waals surface area contributed by atoms with E-state index in [9.17, 15) is 9.59 Å². The molecule has 42 heavy (non-hydrogen) atoms. The molecule has 8 heteroatoms. The number of furan rings is 1. The molecule has 3 heterocycles. The summed E-state index contributed by atoms with van der Waals surface area (Å²) in [6.45, 7) is 2.40. The Bertz CT molecular complexity index is 1820. The zero-order chi connectivity index (χ0) is 29.2. The monoisotopic (exact) mass is 563 g/mol. The number of aromatic nitrogens is 2. The number of nitrogens with zero attached hydrogens (tertiary/aromatic N) is 2. The molecule has 0 spiro atoms. The van der Waals surface area contributed by atoms with Crippen LogP contribution in [-0.4, -0.2) is 35.0 Å². The topological polar surface area (TPSA) is 97.7 Å². The van der Waals surface area contributed by atoms with Crippen LogP contribution in [0.4, 0.5) is 0 Å². The zero-order valence-corrected chi connectivity index (χ0v) is 24.0. The Morgan fingerprint density at radius 1 is 0.976 bits per heavy atom. The minimum Gasteiger partial charge on any atom is -0.496 e. The molecular formula is C34H33N3O5. The van der Waals surface area contributed by atoms with E-state index in [1.54, 1.807) is 37.5 Å². The number of carbonyl (C=O) groups excluding carboxylic acids is 1. The normalized spacial score (nSPS) is 12.6. The average molecular weight is 564 g/mol. The minimum absolute atomic E-state index is 0.132. The van der Waals surface area contributed by atoms with Crippen LogP contribution in [0.2, 0.25) is 0 Å². The van der Waals surface area contributed by atoms with Gasteiger partial charge in [0.05, 0.1) is 32.7 Å². The van der Waals surface area contributed by atoms with E-state index in [-0.39, 0.29) is 30.1 Å². The standard InChI is InChI=1S/C34H33N3O5/c1-21-8-6-10-23(16-21)31-24(18-26-29(40-2)13-14-30(41-3)32(26)36-31)19-37(20-25-11-7-15-42-25)34(39)27-17-22-9-4-5-12-28(22)35-33(27)38/h6-8,10-11,13-18H,4-5,9,12,19-20H2,1-3H3,(H,35,38). The summed E-state index contributed by atoms with van der Waals surface area (Å²) in [5.41, 5.74) is 5.90. The van der Waals surface area contributed by atoms with Crippen molar-refractivity contribution in [2.75, 3.05) is 14.2 Å². The van der Waals surface area contributed by atoms with Crippen molar-refractivity contribution in [2.24, 2.45) is 0 Å². The van der Waals surface area contributed by atoms with Crippen LogP contribution in [-0.2, 0) is 25.9 Å². The summed E-state index contributed by atoms with van der Waals surface area (Å²) in [6, 6.07) is 19.2. The van der Waals surface area contributed by atoms with Crippen LogP contribution in [0.1, 0.15) is 51.3 Å². The first-order valence-electron chi connectivity index (χ1n) is 14.1. The van der Waals surface area contributed by atoms with E-state index < -0.39 is 0 Å². The number of hydrogen-bond donors (Lipinski definition) is 1. The van der Waals surface area contributed by atoms with E-state index in [1.165, 1.54) is 0 Å². The predicted octanol–water partition coefficient (Wildman–Crippen LogP) is 6.23. The van der Waals surface area contributed by atoms with Crippen LogP contribution in [0.15, 0.2) is 76.1 Å². The molecule has 1 N–H and O–H groups in total. The van der Waals surface area contributed by atoms with Gasteiger partial charge in [-0.05, 0) is 86.2 Å². The second-order valence-corrected chi connectivity index (χ2v) is 10.7. The third-order valence-corrected chi connectivity index (χ3v) is 7.86. The molecule has 5 aromatic rings. The van der Waals surface area contributed by atoms with Gasteiger partial charge in [0.2, 0.25) is 0 Å². The summed E-state index contributed by atoms with van der Waals surface area (Å²) in [7, 11) is 3.23. The molecule has 0 saturated heterocycles. The lowest BCUT2D eigenvalue weighted by atomic mass is 9.94. The molecule has 8 nitrogen and oxygen atoms in total. The van der Waals surface area contributed by atoms with Crippen molar-refractivity contribution < 1.29 is 18.7 Å². The number of amides is 1. The average Bonchev–Trinajstić information content (AvgIpc) is 3.52. The highest BCUT2D eigenvalue weighted by Gasteiger charge is 2.25. The highest BCUT2D eigenvalue weighted by Crippen LogP contribution is 2.36. The maximum atomic E-state index is 14.2. The lowest BCUT2D eigenvalue weighted by Crippen LogP contribution is -2.35. The molecule has 6 rings (SSSR count). The molecule has 0 saturated carbocycles. The summed E-state index contributed by atoms with van der Waals surface area (Å²) < 4.78 is 17.0. The third kappa shape index (κ3) is 5.28. The van der Waals surface area contributed by atoms with Crippen LogP contribution in [0.5, 0.6) is 11.5 Å². The first-order chi connectivity index (χ1) is 20.4. The quantitative estimate of drug-likeness (QED) is 0.240. The molecule has 0 aliphatic heterocycles. The van der Waals surface area contributed by atoms with Gasteiger partial charge in [0.15, 0.2) is 0 Å². The van der Waals surface area contributed by atoms with E-state index >= 15 is 0 Å². The molecule has 0 unspecified atom stereocenters. The molecular weight excluding hydrogens is 530 g/mol. The van der Waals surface area contributed by atoms with Crippen molar-refractivity contribution in [3.05, 3.63) is 111 Å². The Morgan fingerprint density at radius 2 is 1.79 bits per heavy atom. The molecule has 1 aliphatic carbocycles. The lowest BCUT2D eigenvalue weighted by molar-refractivity contribution is 0.0716. The summed E-state index contributed by atoms with van der Waals surface area (Å²) in [6.07, 6.45) is 5.32. The number of ether oxygens (including phenoxy) is 2. The van der Waals surface area contributed by atoms with Gasteiger partial charge in [0, 0.05) is 23.2 Å². The fourth-order valence-electron chi connectivity index (χ4n) is 5.76. The Morgan fingerprint density at radius 3 is 2.55 bits per heavy atom. The van der Waals surface area contributed by atoms with Gasteiger partial charge < -0.3 is 23.8 Å². The molecule has 3 aromatic heterocycles. The Labute approximate surface area is 243 Å². The molecule has 1 aliphatic rings. The third-order valence-electron chi connectivity index (χ3n) is 7.86. The number of H-pyrrole nitrogens is 1. The van der Waals surface area contributed by atoms with Crippen molar-refractivity contribution in [1.82, 2.24) is 14.9 Å². The van der Waals surface area contributed by atoms with E-state index in [0.29, 0.717) is 28.5 Å². The lowest BCUT2D eigenvalue weighted by Gasteiger charge is -2.24. The molecule has 214 valence electrons. The number of aryl methyl sites for hydroxylation is 3. The smallest absolute Gasteiger partial charge is 0.261 e. The van der Waals surface area contributed by atoms with Gasteiger partial charge in [0.1, 0.15) is 28.3 Å². The number of pyridine rings is 2. The number of benzene rings is 2. The van der Waals surface area contributed by atoms with Gasteiger partial charge in [-0.1, -0.05) is 23.8 Å². The highest BCUT2D eigenvalue weighted by molar-refractivity contribution is 5.95. The number of fused-ring (bicyclic) bond motifs is 2. The first kappa shape index (κ1) is 27.3. The maximum Gasteiger partial charge on any atom is 0.261 e. The van der Waals surface area contributed by atoms with E-state index in [1.807, 2.05) is 49.4 Å². The summed E-state index contributed by atoms with van der Waals surface area (Å²) in [4.78, 5) is 37.1. The van der Waals surface area contributed by atoms with Crippen LogP contribution in [0.25, 0.3) is 22.2 Å². The van der Waals surface area contributed by atoms with Gasteiger partial charge >= 0.3 is 0 Å². The van der Waals surface area contributed by atoms with Gasteiger partial charge in [-0.3, -0.25) is 9.59 Å². The van der Waals surface area contributed by atoms with Gasteiger partial charge in [-0.2, -0.15) is 0 Å². The van der Waals surface area contributed by atoms with Crippen molar-refractivity contribution in [3.8, 4) is 22.8 Å². The number of aromatic amines is 1. The predicted molar refractivity (Wildman–Crippen MR) is 161 cm³/mol. The Hall–Kier alpha value is -4.85. The number of nitrogens with one attached hydrogen (secondary N) is 1. The van der Waals surface area contributed by atoms with Crippen LogP contribution in [0, 0.1) is 6.92 Å². The van der Waals surface area contributed by atoms with Crippen LogP contribution >= 0.6 is 0 Å². The molecule has 0 atom stereocenters. The Balaban J connectivity index is 1.51. The number of methoxy groups -OCH3 is 2. The van der Waals surface area contributed by atoms with Crippen molar-refractivity contribution in [3.63, 3.8) is 0 Å². The molecule has 1 amide bonds. The number of carbonyl (C=O) groups is 1. The molecule has 2 aromatic carbocycles. The van der Waals surface area contributed by atoms with Crippen molar-refractivity contribution in [2.45, 2.75) is 45.7 Å². The number of rotatable bonds is 8. The largest absolute Gasteiger partial charge is 0.496 e. The summed E-state index contributed by atoms with van der Waals surface area (Å²) >= 11 is 0. The van der Waals surface area contributed by atoms with Gasteiger partial charge in [-0.15, -0.1) is 0 Å². The molecule has 0 fully saturated rings. The summed E-state index contributed by atoms with van der Waals surface area (Å²) in [5.74, 6) is 1.51. The molecule has 0 bridgehead atoms. The second-order valence-electron chi connectivity index (χ2n) is 10.7. The van der Waals surface area contributed by atoms with E-state index in [4.69, 9.17) is 18.9 Å². The second kappa shape index (κ2) is 11.6. The summed E-state index contributed by atoms with van der Waals surface area (Å²) in [5, 5.41) is 0.764. The zero-order valence-electron chi connectivity index (χ0n) is 24.0. The maximum absolute atomic E-state index is 14.2. The first-order valence-corrected chi connectivity index (χ1v) is 14.1. The fourth-order valence-corrected chi connectivity index (χ4v) is 5.76. The van der Waals surface area contributed by atoms with Gasteiger partial charge in [0.25, 0.3) is 11.5 Å². The van der Waals surface area contributed by atoms with E-state index in [2.05, 4.69) is 11.1 Å². The van der Waals surface area contributed by atoms with Crippen LogP contribution < -0.4 is 15.0 Å². The van der Waals surface area contributed by atoms with Crippen molar-refractivity contribution >= 4 is 16.8 Å². The highest BCUT2D eigenvalue weighted by atomic mass is 16.5. The van der Waals surface area contributed by atoms with E-state index in [0.717, 1.165) is 59.0 Å². The SMILES string of the molecule is COc1ccc(OC)c2nc(-c3cccc(C)c3)c(CN(Cc3ccco3)C(=O)c3cc4c([nH]c3=O)CCCC4)cc12. The number of hydrogen-bond acceptors (Lipinski definition) is 6. The van der Waals surface area contributed by atoms with Gasteiger partial charge in [-0.25, -0.2) is 4.98 Å². The van der Waals surface area contributed by atoms with Crippen LogP contribution in [0.3, 0.4) is 0 Å².